The molecule has 0 spiro atoms. The fraction of sp³-hybridized carbons (Fsp3) is 0. The second-order valence-corrected chi connectivity index (χ2v) is 14.3. The molecule has 4 heterocycles. The summed E-state index contributed by atoms with van der Waals surface area (Å²) in [7, 11) is 0. The van der Waals surface area contributed by atoms with E-state index in [2.05, 4.69) is 78.9 Å². The van der Waals surface area contributed by atoms with Gasteiger partial charge in [-0.2, -0.15) is 0 Å². The highest BCUT2D eigenvalue weighted by Gasteiger charge is 2.22. The molecule has 0 saturated carbocycles. The van der Waals surface area contributed by atoms with Crippen molar-refractivity contribution in [1.82, 2.24) is 15.0 Å². The standard InChI is InChI=1S/C51H29N3O3/c1-3-13-30(14-4-1)49-52-50(31-15-5-2-6-16-31)54-51(53-49)32-25-26-35-39-27-33(34-19-11-23-43-46(34)37-17-7-9-21-41(37)55-43)28-40(48(39)57-45(35)29-32)36-20-12-24-44-47(36)38-18-8-10-22-42(38)56-44/h1-29H. The molecule has 0 aliphatic heterocycles. The van der Waals surface area contributed by atoms with Crippen molar-refractivity contribution in [2.24, 2.45) is 0 Å². The first-order chi connectivity index (χ1) is 28.2. The average Bonchev–Trinajstić information content (AvgIpc) is 3.97. The zero-order valence-electron chi connectivity index (χ0n) is 30.3. The fourth-order valence-electron chi connectivity index (χ4n) is 8.32. The third-order valence-electron chi connectivity index (χ3n) is 10.9. The van der Waals surface area contributed by atoms with E-state index in [-0.39, 0.29) is 0 Å². The number of fused-ring (bicyclic) bond motifs is 9. The molecule has 0 fully saturated rings. The smallest absolute Gasteiger partial charge is 0.164 e. The van der Waals surface area contributed by atoms with Crippen LogP contribution in [0.1, 0.15) is 0 Å². The Balaban J connectivity index is 1.12. The molecule has 0 N–H and O–H groups in total. The molecular weight excluding hydrogens is 703 g/mol. The van der Waals surface area contributed by atoms with Gasteiger partial charge in [0.15, 0.2) is 17.5 Å². The van der Waals surface area contributed by atoms with Crippen LogP contribution in [-0.2, 0) is 0 Å². The summed E-state index contributed by atoms with van der Waals surface area (Å²) in [5.74, 6) is 1.79. The number of rotatable bonds is 5. The first-order valence-electron chi connectivity index (χ1n) is 18.9. The van der Waals surface area contributed by atoms with E-state index in [0.717, 1.165) is 105 Å². The average molecular weight is 732 g/mol. The molecule has 4 aromatic heterocycles. The molecule has 12 aromatic rings. The molecule has 0 saturated heterocycles. The van der Waals surface area contributed by atoms with Crippen molar-refractivity contribution in [2.75, 3.05) is 0 Å². The Labute approximate surface area is 325 Å². The van der Waals surface area contributed by atoms with Crippen LogP contribution in [0.4, 0.5) is 0 Å². The zero-order chi connectivity index (χ0) is 37.5. The molecule has 12 rings (SSSR count). The Bertz CT molecular complexity index is 3470. The van der Waals surface area contributed by atoms with Crippen molar-refractivity contribution < 1.29 is 13.3 Å². The molecule has 0 bridgehead atoms. The maximum atomic E-state index is 6.98. The molecule has 0 radical (unpaired) electrons. The predicted molar refractivity (Wildman–Crippen MR) is 229 cm³/mol. The summed E-state index contributed by atoms with van der Waals surface area (Å²) in [6.45, 7) is 0. The number of para-hydroxylation sites is 2. The van der Waals surface area contributed by atoms with Crippen LogP contribution in [0.5, 0.6) is 0 Å². The van der Waals surface area contributed by atoms with Gasteiger partial charge in [0, 0.05) is 54.6 Å². The Morgan fingerprint density at radius 2 is 0.807 bits per heavy atom. The summed E-state index contributed by atoms with van der Waals surface area (Å²) in [5, 5.41) is 6.26. The van der Waals surface area contributed by atoms with Gasteiger partial charge in [-0.25, -0.2) is 15.0 Å². The number of hydrogen-bond donors (Lipinski definition) is 0. The predicted octanol–water partition coefficient (Wildman–Crippen LogP) is 13.9. The van der Waals surface area contributed by atoms with Gasteiger partial charge in [0.2, 0.25) is 0 Å². The second-order valence-electron chi connectivity index (χ2n) is 14.3. The minimum absolute atomic E-state index is 0.569. The minimum atomic E-state index is 0.569. The van der Waals surface area contributed by atoms with E-state index in [1.807, 2.05) is 97.1 Å². The summed E-state index contributed by atoms with van der Waals surface area (Å²) < 4.78 is 19.7. The number of aromatic nitrogens is 3. The second kappa shape index (κ2) is 12.3. The molecule has 6 heteroatoms. The number of benzene rings is 8. The monoisotopic (exact) mass is 731 g/mol. The van der Waals surface area contributed by atoms with E-state index in [0.29, 0.717) is 17.5 Å². The van der Waals surface area contributed by atoms with Gasteiger partial charge in [-0.1, -0.05) is 127 Å². The van der Waals surface area contributed by atoms with E-state index >= 15 is 0 Å². The molecule has 0 amide bonds. The highest BCUT2D eigenvalue weighted by atomic mass is 16.3. The fourth-order valence-corrected chi connectivity index (χ4v) is 8.32. The number of hydrogen-bond acceptors (Lipinski definition) is 6. The molecule has 266 valence electrons. The van der Waals surface area contributed by atoms with Crippen LogP contribution >= 0.6 is 0 Å². The van der Waals surface area contributed by atoms with Gasteiger partial charge < -0.3 is 13.3 Å². The van der Waals surface area contributed by atoms with Crippen molar-refractivity contribution in [1.29, 1.82) is 0 Å². The first-order valence-corrected chi connectivity index (χ1v) is 18.9. The summed E-state index contributed by atoms with van der Waals surface area (Å²) in [6.07, 6.45) is 0. The van der Waals surface area contributed by atoms with Gasteiger partial charge in [0.05, 0.1) is 0 Å². The van der Waals surface area contributed by atoms with Crippen LogP contribution in [0.3, 0.4) is 0 Å². The van der Waals surface area contributed by atoms with E-state index in [1.165, 1.54) is 0 Å². The van der Waals surface area contributed by atoms with Gasteiger partial charge >= 0.3 is 0 Å². The highest BCUT2D eigenvalue weighted by molar-refractivity contribution is 6.20. The lowest BCUT2D eigenvalue weighted by Crippen LogP contribution is -2.00. The Hall–Kier alpha value is -7.83. The highest BCUT2D eigenvalue weighted by Crippen LogP contribution is 2.46. The van der Waals surface area contributed by atoms with E-state index in [1.54, 1.807) is 0 Å². The van der Waals surface area contributed by atoms with E-state index < -0.39 is 0 Å². The lowest BCUT2D eigenvalue weighted by molar-refractivity contribution is 0.668. The maximum Gasteiger partial charge on any atom is 0.164 e. The van der Waals surface area contributed by atoms with Crippen LogP contribution in [0.2, 0.25) is 0 Å². The first kappa shape index (κ1) is 31.5. The summed E-state index contributed by atoms with van der Waals surface area (Å²) in [5.41, 5.74) is 11.7. The van der Waals surface area contributed by atoms with Crippen molar-refractivity contribution >= 4 is 65.8 Å². The lowest BCUT2D eigenvalue weighted by atomic mass is 9.92. The third kappa shape index (κ3) is 5.01. The Kier molecular flexibility index (Phi) is 6.83. The van der Waals surface area contributed by atoms with E-state index in [9.17, 15) is 0 Å². The summed E-state index contributed by atoms with van der Waals surface area (Å²) in [6, 6.07) is 59.8. The molecule has 0 unspecified atom stereocenters. The topological polar surface area (TPSA) is 78.1 Å². The zero-order valence-corrected chi connectivity index (χ0v) is 30.3. The number of nitrogens with zero attached hydrogens (tertiary/aromatic N) is 3. The molecule has 57 heavy (non-hydrogen) atoms. The minimum Gasteiger partial charge on any atom is -0.456 e. The van der Waals surface area contributed by atoms with Crippen molar-refractivity contribution in [3.05, 3.63) is 176 Å². The van der Waals surface area contributed by atoms with Crippen LogP contribution in [0.15, 0.2) is 189 Å². The normalized spacial score (nSPS) is 11.9. The SMILES string of the molecule is c1ccc(-c2nc(-c3ccccc3)nc(-c3ccc4c(c3)oc3c(-c5cccc6oc7ccccc7c56)cc(-c5cccc6oc7ccccc7c56)cc34)n2)cc1. The lowest BCUT2D eigenvalue weighted by Gasteiger charge is -2.10. The summed E-state index contributed by atoms with van der Waals surface area (Å²) in [4.78, 5) is 14.9. The molecule has 6 nitrogen and oxygen atoms in total. The van der Waals surface area contributed by atoms with Crippen molar-refractivity contribution in [2.45, 2.75) is 0 Å². The quantitative estimate of drug-likeness (QED) is 0.175. The van der Waals surface area contributed by atoms with Gasteiger partial charge in [-0.3, -0.25) is 0 Å². The van der Waals surface area contributed by atoms with Gasteiger partial charge in [-0.15, -0.1) is 0 Å². The van der Waals surface area contributed by atoms with Gasteiger partial charge in [0.1, 0.15) is 33.5 Å². The number of furan rings is 3. The molecule has 0 aliphatic carbocycles. The van der Waals surface area contributed by atoms with Gasteiger partial charge in [-0.05, 0) is 65.2 Å². The molecular formula is C51H29N3O3. The molecule has 0 aliphatic rings. The van der Waals surface area contributed by atoms with Crippen LogP contribution in [-0.4, -0.2) is 15.0 Å². The van der Waals surface area contributed by atoms with Gasteiger partial charge in [0.25, 0.3) is 0 Å². The largest absolute Gasteiger partial charge is 0.456 e. The van der Waals surface area contributed by atoms with Crippen molar-refractivity contribution in [3.8, 4) is 56.4 Å². The molecule has 0 atom stereocenters. The van der Waals surface area contributed by atoms with Crippen LogP contribution in [0, 0.1) is 0 Å². The molecule has 8 aromatic carbocycles. The third-order valence-corrected chi connectivity index (χ3v) is 10.9. The summed E-state index contributed by atoms with van der Waals surface area (Å²) >= 11 is 0. The Morgan fingerprint density at radius 3 is 1.44 bits per heavy atom. The van der Waals surface area contributed by atoms with E-state index in [4.69, 9.17) is 28.2 Å². The van der Waals surface area contributed by atoms with Crippen LogP contribution < -0.4 is 0 Å². The van der Waals surface area contributed by atoms with Crippen LogP contribution in [0.25, 0.3) is 122 Å². The maximum absolute atomic E-state index is 6.98. The van der Waals surface area contributed by atoms with Crippen molar-refractivity contribution in [3.63, 3.8) is 0 Å². The Morgan fingerprint density at radius 1 is 0.281 bits per heavy atom.